The van der Waals surface area contributed by atoms with Gasteiger partial charge in [0.1, 0.15) is 13.2 Å². The molecule has 3 unspecified atom stereocenters. The van der Waals surface area contributed by atoms with Gasteiger partial charge < -0.3 is 28.8 Å². The molecule has 0 aromatic rings. The first kappa shape index (κ1) is 46.5. The summed E-state index contributed by atoms with van der Waals surface area (Å²) in [6.45, 7) is 4.52. The van der Waals surface area contributed by atoms with E-state index in [1.807, 2.05) is 27.2 Å². The number of aliphatic hydroxyl groups is 1. The lowest BCUT2D eigenvalue weighted by atomic mass is 10.1. The van der Waals surface area contributed by atoms with Gasteiger partial charge in [-0.3, -0.25) is 9.36 Å². The topological polar surface area (TPSA) is 108 Å². The van der Waals surface area contributed by atoms with Gasteiger partial charge >= 0.3 is 0 Å². The number of allylic oxidation sites excluding steroid dienone is 7. The van der Waals surface area contributed by atoms with Crippen LogP contribution < -0.4 is 10.2 Å². The van der Waals surface area contributed by atoms with Crippen molar-refractivity contribution in [2.24, 2.45) is 0 Å². The van der Waals surface area contributed by atoms with E-state index in [0.29, 0.717) is 17.4 Å². The van der Waals surface area contributed by atoms with Gasteiger partial charge in [-0.1, -0.05) is 114 Å². The minimum absolute atomic E-state index is 0.0120. The molecule has 0 aliphatic carbocycles. The Morgan fingerprint density at radius 1 is 0.708 bits per heavy atom. The van der Waals surface area contributed by atoms with Crippen LogP contribution in [0.4, 0.5) is 0 Å². The summed E-state index contributed by atoms with van der Waals surface area (Å²) in [6, 6.07) is -0.911. The van der Waals surface area contributed by atoms with Crippen LogP contribution >= 0.6 is 7.82 Å². The standard InChI is InChI=1S/C39H73N2O6P/c1-6-8-10-12-14-16-18-20-22-24-26-28-30-32-38(42)37(36-47-48(44,45)46-35-34-41(3,4)5)40-39(43)33-31-29-27-25-23-21-19-17-15-13-11-9-7-2/h14,16-17,19,22,24,30,32,37-38,42H,6-13,15,18,20-21,23,25-29,31,33-36H2,1-5H3,(H-,40,43,44,45)/b16-14+,19-17-,24-22+,32-30+. The number of rotatable bonds is 33. The lowest BCUT2D eigenvalue weighted by Gasteiger charge is -2.29. The number of hydrogen-bond donors (Lipinski definition) is 2. The number of aliphatic hydroxyl groups excluding tert-OH is 1. The van der Waals surface area contributed by atoms with Crippen LogP contribution in [0.1, 0.15) is 142 Å². The van der Waals surface area contributed by atoms with E-state index in [0.717, 1.165) is 70.6 Å². The van der Waals surface area contributed by atoms with Gasteiger partial charge in [-0.15, -0.1) is 0 Å². The Balaban J connectivity index is 4.65. The molecule has 8 nitrogen and oxygen atoms in total. The van der Waals surface area contributed by atoms with Crippen molar-refractivity contribution < 1.29 is 32.9 Å². The van der Waals surface area contributed by atoms with Crippen LogP contribution in [0.15, 0.2) is 48.6 Å². The first-order chi connectivity index (χ1) is 23.0. The molecule has 0 rings (SSSR count). The molecule has 0 aromatic heterocycles. The van der Waals surface area contributed by atoms with Crippen LogP contribution in [0.25, 0.3) is 0 Å². The van der Waals surface area contributed by atoms with Crippen molar-refractivity contribution in [3.63, 3.8) is 0 Å². The van der Waals surface area contributed by atoms with Crippen molar-refractivity contribution in [2.75, 3.05) is 40.9 Å². The largest absolute Gasteiger partial charge is 0.756 e. The molecule has 0 aliphatic rings. The molecule has 0 fully saturated rings. The maximum absolute atomic E-state index is 12.7. The monoisotopic (exact) mass is 697 g/mol. The van der Waals surface area contributed by atoms with Crippen LogP contribution in [0, 0.1) is 0 Å². The molecule has 0 saturated carbocycles. The number of nitrogens with one attached hydrogen (secondary N) is 1. The molecule has 0 spiro atoms. The third-order valence-electron chi connectivity index (χ3n) is 7.99. The van der Waals surface area contributed by atoms with E-state index in [2.05, 4.69) is 55.6 Å². The first-order valence-electron chi connectivity index (χ1n) is 19.0. The van der Waals surface area contributed by atoms with Gasteiger partial charge in [0.05, 0.1) is 39.9 Å². The molecular weight excluding hydrogens is 623 g/mol. The second kappa shape index (κ2) is 31.4. The number of nitrogens with zero attached hydrogens (tertiary/aromatic N) is 1. The Morgan fingerprint density at radius 2 is 1.17 bits per heavy atom. The summed E-state index contributed by atoms with van der Waals surface area (Å²) in [7, 11) is 1.22. The number of carbonyl (C=O) groups excluding carboxylic acids is 1. The normalized spacial score (nSPS) is 15.2. The number of phosphoric acid groups is 1. The van der Waals surface area contributed by atoms with Crippen LogP contribution in [-0.2, 0) is 18.4 Å². The predicted octanol–water partition coefficient (Wildman–Crippen LogP) is 9.11. The van der Waals surface area contributed by atoms with Crippen molar-refractivity contribution in [3.05, 3.63) is 48.6 Å². The molecule has 0 heterocycles. The quantitative estimate of drug-likeness (QED) is 0.0307. The minimum atomic E-state index is -4.59. The van der Waals surface area contributed by atoms with Gasteiger partial charge in [-0.25, -0.2) is 0 Å². The number of quaternary nitrogens is 1. The summed E-state index contributed by atoms with van der Waals surface area (Å²) in [5, 5.41) is 13.6. The van der Waals surface area contributed by atoms with Crippen LogP contribution in [-0.4, -0.2) is 68.5 Å². The van der Waals surface area contributed by atoms with Crippen molar-refractivity contribution >= 4 is 13.7 Å². The number of phosphoric ester groups is 1. The average molecular weight is 697 g/mol. The highest BCUT2D eigenvalue weighted by atomic mass is 31.2. The highest BCUT2D eigenvalue weighted by Crippen LogP contribution is 2.38. The van der Waals surface area contributed by atoms with Crippen molar-refractivity contribution in [3.8, 4) is 0 Å². The highest BCUT2D eigenvalue weighted by molar-refractivity contribution is 7.45. The molecule has 0 saturated heterocycles. The van der Waals surface area contributed by atoms with E-state index < -0.39 is 26.6 Å². The number of unbranched alkanes of at least 4 members (excludes halogenated alkanes) is 14. The second-order valence-electron chi connectivity index (χ2n) is 13.9. The van der Waals surface area contributed by atoms with Crippen LogP contribution in [0.3, 0.4) is 0 Å². The lowest BCUT2D eigenvalue weighted by molar-refractivity contribution is -0.870. The third-order valence-corrected chi connectivity index (χ3v) is 8.95. The highest BCUT2D eigenvalue weighted by Gasteiger charge is 2.23. The van der Waals surface area contributed by atoms with E-state index >= 15 is 0 Å². The Hall–Kier alpha value is -1.54. The maximum atomic E-state index is 12.7. The van der Waals surface area contributed by atoms with Crippen LogP contribution in [0.5, 0.6) is 0 Å². The molecular formula is C39H73N2O6P. The SMILES string of the molecule is CCCCC/C=C/CC/C=C/CC/C=C/C(O)C(COP(=O)([O-])OCC[N+](C)(C)C)NC(=O)CCCCCCC/C=C\CCCCCC. The zero-order valence-corrected chi connectivity index (χ0v) is 32.3. The van der Waals surface area contributed by atoms with Crippen molar-refractivity contribution in [1.82, 2.24) is 5.32 Å². The molecule has 3 atom stereocenters. The number of likely N-dealkylation sites (N-methyl/N-ethyl adjacent to an activating group) is 1. The maximum Gasteiger partial charge on any atom is 0.268 e. The zero-order valence-electron chi connectivity index (χ0n) is 31.4. The van der Waals surface area contributed by atoms with Crippen LogP contribution in [0.2, 0.25) is 0 Å². The smallest absolute Gasteiger partial charge is 0.268 e. The summed E-state index contributed by atoms with van der Waals surface area (Å²) in [6.07, 6.45) is 37.2. The summed E-state index contributed by atoms with van der Waals surface area (Å²) < 4.78 is 23.0. The summed E-state index contributed by atoms with van der Waals surface area (Å²) in [4.78, 5) is 25.1. The van der Waals surface area contributed by atoms with E-state index in [4.69, 9.17) is 9.05 Å². The van der Waals surface area contributed by atoms with E-state index in [1.54, 1.807) is 6.08 Å². The molecule has 0 aliphatic heterocycles. The molecule has 280 valence electrons. The number of carbonyl (C=O) groups is 1. The molecule has 0 bridgehead atoms. The Morgan fingerprint density at radius 3 is 1.73 bits per heavy atom. The predicted molar refractivity (Wildman–Crippen MR) is 201 cm³/mol. The van der Waals surface area contributed by atoms with Gasteiger partial charge in [0.2, 0.25) is 5.91 Å². The fourth-order valence-corrected chi connectivity index (χ4v) is 5.60. The molecule has 0 aromatic carbocycles. The molecule has 0 radical (unpaired) electrons. The summed E-state index contributed by atoms with van der Waals surface area (Å²) >= 11 is 0. The van der Waals surface area contributed by atoms with E-state index in [1.165, 1.54) is 51.4 Å². The van der Waals surface area contributed by atoms with Gasteiger partial charge in [0, 0.05) is 6.42 Å². The summed E-state index contributed by atoms with van der Waals surface area (Å²) in [5.41, 5.74) is 0. The Bertz CT molecular complexity index is 928. The molecule has 48 heavy (non-hydrogen) atoms. The molecule has 9 heteroatoms. The zero-order chi connectivity index (χ0) is 35.8. The molecule has 2 N–H and O–H groups in total. The number of hydrogen-bond acceptors (Lipinski definition) is 6. The van der Waals surface area contributed by atoms with E-state index in [9.17, 15) is 19.4 Å². The van der Waals surface area contributed by atoms with E-state index in [-0.39, 0.29) is 12.5 Å². The fraction of sp³-hybridized carbons (Fsp3) is 0.769. The average Bonchev–Trinajstić information content (AvgIpc) is 3.02. The number of amides is 1. The second-order valence-corrected chi connectivity index (χ2v) is 15.3. The third kappa shape index (κ3) is 33.0. The fourth-order valence-electron chi connectivity index (χ4n) is 4.88. The van der Waals surface area contributed by atoms with Gasteiger partial charge in [0.15, 0.2) is 0 Å². The Labute approximate surface area is 295 Å². The van der Waals surface area contributed by atoms with Crippen molar-refractivity contribution in [2.45, 2.75) is 154 Å². The van der Waals surface area contributed by atoms with Gasteiger partial charge in [-0.2, -0.15) is 0 Å². The lowest BCUT2D eigenvalue weighted by Crippen LogP contribution is -2.45. The molecule has 1 amide bonds. The van der Waals surface area contributed by atoms with Gasteiger partial charge in [-0.05, 0) is 70.6 Å². The first-order valence-corrected chi connectivity index (χ1v) is 20.5. The minimum Gasteiger partial charge on any atom is -0.756 e. The van der Waals surface area contributed by atoms with Gasteiger partial charge in [0.25, 0.3) is 7.82 Å². The summed E-state index contributed by atoms with van der Waals surface area (Å²) in [5.74, 6) is -0.226. The Kier molecular flexibility index (Phi) is 30.4. The van der Waals surface area contributed by atoms with Crippen molar-refractivity contribution in [1.29, 1.82) is 0 Å².